The number of hydrogen-bond donors (Lipinski definition) is 1. The van der Waals surface area contributed by atoms with Crippen molar-refractivity contribution in [1.82, 2.24) is 4.90 Å². The molecule has 2 atom stereocenters. The number of halogens is 2. The number of carbonyl (C=O) groups excluding carboxylic acids is 1. The molecule has 0 bridgehead atoms. The van der Waals surface area contributed by atoms with Gasteiger partial charge in [-0.3, -0.25) is 9.59 Å². The third-order valence-electron chi connectivity index (χ3n) is 5.68. The Hall–Kier alpha value is -3.39. The number of carboxylic acid groups (broad SMARTS) is 1. The first-order valence-corrected chi connectivity index (χ1v) is 10.8. The fraction of sp³-hybridized carbons (Fsp3) is 0.292. The molecule has 1 fully saturated rings. The van der Waals surface area contributed by atoms with Crippen LogP contribution in [-0.4, -0.2) is 41.1 Å². The summed E-state index contributed by atoms with van der Waals surface area (Å²) in [7, 11) is 0. The highest BCUT2D eigenvalue weighted by Crippen LogP contribution is 2.34. The molecular formula is C24H21ClFNO6. The lowest BCUT2D eigenvalue weighted by Crippen LogP contribution is -2.47. The number of fused-ring (bicyclic) bond motifs is 1. The third-order valence-corrected chi connectivity index (χ3v) is 5.99. The standard InChI is InChI=1S/C24H21ClFNO6/c1-13(23(29)27-8-2-3-14(12-27)24(30)31)32-16-5-7-18-19(11-22(28)33-21(18)10-16)17-6-4-15(26)9-20(17)25/h4-7,9-11,13-14H,2-3,8,12H2,1H3,(H,30,31)/t13?,14-/m0/s1. The molecule has 0 saturated carbocycles. The van der Waals surface area contributed by atoms with E-state index in [9.17, 15) is 23.9 Å². The molecule has 7 nitrogen and oxygen atoms in total. The number of piperidine rings is 1. The van der Waals surface area contributed by atoms with Gasteiger partial charge in [0.25, 0.3) is 5.91 Å². The van der Waals surface area contributed by atoms with Gasteiger partial charge in [0.15, 0.2) is 6.10 Å². The minimum Gasteiger partial charge on any atom is -0.481 e. The second-order valence-corrected chi connectivity index (χ2v) is 8.39. The van der Waals surface area contributed by atoms with Crippen LogP contribution in [-0.2, 0) is 9.59 Å². The average Bonchev–Trinajstić information content (AvgIpc) is 2.78. The molecule has 3 aromatic rings. The molecule has 1 aliphatic rings. The minimum absolute atomic E-state index is 0.149. The van der Waals surface area contributed by atoms with Gasteiger partial charge in [0, 0.05) is 41.7 Å². The number of carbonyl (C=O) groups is 2. The van der Waals surface area contributed by atoms with Crippen molar-refractivity contribution in [3.63, 3.8) is 0 Å². The molecule has 1 aromatic heterocycles. The first kappa shape index (κ1) is 22.8. The fourth-order valence-corrected chi connectivity index (χ4v) is 4.31. The van der Waals surface area contributed by atoms with Crippen molar-refractivity contribution >= 4 is 34.4 Å². The van der Waals surface area contributed by atoms with Crippen LogP contribution in [0.4, 0.5) is 4.39 Å². The third kappa shape index (κ3) is 4.85. The minimum atomic E-state index is -0.914. The largest absolute Gasteiger partial charge is 0.481 e. The SMILES string of the molecule is CC(Oc1ccc2c(-c3ccc(F)cc3Cl)cc(=O)oc2c1)C(=O)N1CCC[C@H](C(=O)O)C1. The van der Waals surface area contributed by atoms with Crippen LogP contribution in [0.25, 0.3) is 22.1 Å². The average molecular weight is 474 g/mol. The van der Waals surface area contributed by atoms with Crippen LogP contribution in [0.5, 0.6) is 5.75 Å². The van der Waals surface area contributed by atoms with E-state index in [0.29, 0.717) is 41.6 Å². The number of ether oxygens (including phenoxy) is 1. The van der Waals surface area contributed by atoms with Gasteiger partial charge in [-0.1, -0.05) is 11.6 Å². The smallest absolute Gasteiger partial charge is 0.336 e. The van der Waals surface area contributed by atoms with Crippen molar-refractivity contribution in [3.05, 3.63) is 63.7 Å². The molecule has 1 saturated heterocycles. The van der Waals surface area contributed by atoms with Crippen LogP contribution in [0, 0.1) is 11.7 Å². The summed E-state index contributed by atoms with van der Waals surface area (Å²) < 4.78 is 24.5. The molecule has 1 amide bonds. The van der Waals surface area contributed by atoms with E-state index in [1.165, 1.54) is 29.2 Å². The number of aliphatic carboxylic acids is 1. The van der Waals surface area contributed by atoms with Crippen molar-refractivity contribution in [2.75, 3.05) is 13.1 Å². The summed E-state index contributed by atoms with van der Waals surface area (Å²) in [4.78, 5) is 37.7. The Morgan fingerprint density at radius 2 is 2.00 bits per heavy atom. The highest BCUT2D eigenvalue weighted by molar-refractivity contribution is 6.33. The van der Waals surface area contributed by atoms with Gasteiger partial charge in [-0.25, -0.2) is 9.18 Å². The van der Waals surface area contributed by atoms with Gasteiger partial charge in [-0.15, -0.1) is 0 Å². The fourth-order valence-electron chi connectivity index (χ4n) is 4.04. The van der Waals surface area contributed by atoms with Gasteiger partial charge in [0.1, 0.15) is 17.1 Å². The van der Waals surface area contributed by atoms with E-state index in [-0.39, 0.29) is 23.1 Å². The molecule has 1 unspecified atom stereocenters. The van der Waals surface area contributed by atoms with Crippen LogP contribution < -0.4 is 10.4 Å². The summed E-state index contributed by atoms with van der Waals surface area (Å²) in [5.74, 6) is -1.99. The number of hydrogen-bond acceptors (Lipinski definition) is 5. The molecule has 0 radical (unpaired) electrons. The first-order chi connectivity index (χ1) is 15.7. The zero-order valence-electron chi connectivity index (χ0n) is 17.7. The summed E-state index contributed by atoms with van der Waals surface area (Å²) in [5.41, 5.74) is 0.562. The Kier molecular flexibility index (Phi) is 6.37. The van der Waals surface area contributed by atoms with Gasteiger partial charge in [0.05, 0.1) is 10.9 Å². The highest BCUT2D eigenvalue weighted by Gasteiger charge is 2.31. The van der Waals surface area contributed by atoms with Gasteiger partial charge < -0.3 is 19.2 Å². The van der Waals surface area contributed by atoms with Crippen molar-refractivity contribution in [2.45, 2.75) is 25.9 Å². The van der Waals surface area contributed by atoms with Gasteiger partial charge in [0.2, 0.25) is 0 Å². The molecule has 2 aromatic carbocycles. The van der Waals surface area contributed by atoms with E-state index >= 15 is 0 Å². The molecule has 1 N–H and O–H groups in total. The number of likely N-dealkylation sites (tertiary alicyclic amines) is 1. The molecule has 172 valence electrons. The number of rotatable bonds is 5. The van der Waals surface area contributed by atoms with Crippen molar-refractivity contribution in [1.29, 1.82) is 0 Å². The summed E-state index contributed by atoms with van der Waals surface area (Å²) >= 11 is 6.18. The molecule has 33 heavy (non-hydrogen) atoms. The monoisotopic (exact) mass is 473 g/mol. The van der Waals surface area contributed by atoms with Gasteiger partial charge in [-0.2, -0.15) is 0 Å². The summed E-state index contributed by atoms with van der Waals surface area (Å²) in [6.07, 6.45) is 0.292. The molecular weight excluding hydrogens is 453 g/mol. The van der Waals surface area contributed by atoms with E-state index < -0.39 is 29.4 Å². The zero-order valence-corrected chi connectivity index (χ0v) is 18.5. The van der Waals surface area contributed by atoms with Crippen LogP contribution in [0.1, 0.15) is 19.8 Å². The second-order valence-electron chi connectivity index (χ2n) is 7.98. The number of carboxylic acids is 1. The van der Waals surface area contributed by atoms with Crippen LogP contribution in [0.2, 0.25) is 5.02 Å². The molecule has 0 aliphatic carbocycles. The van der Waals surface area contributed by atoms with E-state index in [0.717, 1.165) is 6.07 Å². The molecule has 0 spiro atoms. The summed E-state index contributed by atoms with van der Waals surface area (Å²) in [6, 6.07) is 9.98. The lowest BCUT2D eigenvalue weighted by molar-refractivity contribution is -0.147. The lowest BCUT2D eigenvalue weighted by atomic mass is 9.98. The Bertz CT molecular complexity index is 1290. The van der Waals surface area contributed by atoms with E-state index in [1.807, 2.05) is 0 Å². The Morgan fingerprint density at radius 1 is 1.21 bits per heavy atom. The maximum Gasteiger partial charge on any atom is 0.336 e. The maximum atomic E-state index is 13.5. The number of benzene rings is 2. The Balaban J connectivity index is 1.59. The van der Waals surface area contributed by atoms with Crippen LogP contribution in [0.15, 0.2) is 51.7 Å². The van der Waals surface area contributed by atoms with Gasteiger partial charge in [-0.05, 0) is 50.1 Å². The van der Waals surface area contributed by atoms with Crippen LogP contribution >= 0.6 is 11.6 Å². The van der Waals surface area contributed by atoms with E-state index in [1.54, 1.807) is 19.1 Å². The second kappa shape index (κ2) is 9.23. The molecule has 9 heteroatoms. The molecule has 1 aliphatic heterocycles. The first-order valence-electron chi connectivity index (χ1n) is 10.4. The van der Waals surface area contributed by atoms with Gasteiger partial charge >= 0.3 is 11.6 Å². The zero-order chi connectivity index (χ0) is 23.7. The Labute approximate surface area is 193 Å². The summed E-state index contributed by atoms with van der Waals surface area (Å²) in [6.45, 7) is 2.21. The topological polar surface area (TPSA) is 97.0 Å². The van der Waals surface area contributed by atoms with Crippen molar-refractivity contribution < 1.29 is 28.2 Å². The number of amides is 1. The normalized spacial score (nSPS) is 17.1. The predicted octanol–water partition coefficient (Wildman–Crippen LogP) is 4.34. The van der Waals surface area contributed by atoms with E-state index in [4.69, 9.17) is 20.8 Å². The molecule has 2 heterocycles. The van der Waals surface area contributed by atoms with E-state index in [2.05, 4.69) is 0 Å². The highest BCUT2D eigenvalue weighted by atomic mass is 35.5. The maximum absolute atomic E-state index is 13.5. The summed E-state index contributed by atoms with van der Waals surface area (Å²) in [5, 5.41) is 9.96. The molecule has 4 rings (SSSR count). The quantitative estimate of drug-likeness (QED) is 0.553. The van der Waals surface area contributed by atoms with Crippen LogP contribution in [0.3, 0.4) is 0 Å². The number of nitrogens with zero attached hydrogens (tertiary/aromatic N) is 1. The van der Waals surface area contributed by atoms with Crippen molar-refractivity contribution in [3.8, 4) is 16.9 Å². The lowest BCUT2D eigenvalue weighted by Gasteiger charge is -2.32. The van der Waals surface area contributed by atoms with Crippen molar-refractivity contribution in [2.24, 2.45) is 5.92 Å². The predicted molar refractivity (Wildman–Crippen MR) is 120 cm³/mol. The Morgan fingerprint density at radius 3 is 2.73 bits per heavy atom.